The van der Waals surface area contributed by atoms with E-state index in [9.17, 15) is 14.4 Å². The standard InChI is InChI=1S/C18H23ClN4O3/c1-2-3-4-5-6-7-10-20-17(25)14-11-13(8-9-15(14)19)23-18(26)22-16(24)12-21-23/h8-9,11-12H,2-7,10H2,1H3,(H,20,25)(H,22,24,26). The number of aromatic nitrogens is 3. The van der Waals surface area contributed by atoms with E-state index in [0.717, 1.165) is 23.7 Å². The molecule has 2 N–H and O–H groups in total. The zero-order chi connectivity index (χ0) is 18.9. The number of hydrogen-bond donors (Lipinski definition) is 2. The van der Waals surface area contributed by atoms with Crippen molar-refractivity contribution in [3.63, 3.8) is 0 Å². The molecular weight excluding hydrogens is 356 g/mol. The predicted octanol–water partition coefficient (Wildman–Crippen LogP) is 2.66. The van der Waals surface area contributed by atoms with Gasteiger partial charge in [-0.15, -0.1) is 0 Å². The molecule has 0 radical (unpaired) electrons. The van der Waals surface area contributed by atoms with Crippen molar-refractivity contribution in [2.24, 2.45) is 0 Å². The minimum atomic E-state index is -0.682. The number of H-pyrrole nitrogens is 1. The number of rotatable bonds is 9. The summed E-state index contributed by atoms with van der Waals surface area (Å²) >= 11 is 6.11. The fourth-order valence-electron chi connectivity index (χ4n) is 2.56. The molecule has 0 atom stereocenters. The van der Waals surface area contributed by atoms with Crippen LogP contribution in [0.15, 0.2) is 34.0 Å². The second kappa shape index (κ2) is 9.91. The lowest BCUT2D eigenvalue weighted by Gasteiger charge is -2.09. The zero-order valence-electron chi connectivity index (χ0n) is 14.8. The normalized spacial score (nSPS) is 10.7. The number of nitrogens with zero attached hydrogens (tertiary/aromatic N) is 2. The summed E-state index contributed by atoms with van der Waals surface area (Å²) in [6.07, 6.45) is 7.82. The van der Waals surface area contributed by atoms with Gasteiger partial charge >= 0.3 is 5.69 Å². The highest BCUT2D eigenvalue weighted by molar-refractivity contribution is 6.33. The van der Waals surface area contributed by atoms with E-state index >= 15 is 0 Å². The Kier molecular flexibility index (Phi) is 7.59. The monoisotopic (exact) mass is 378 g/mol. The molecule has 0 fully saturated rings. The van der Waals surface area contributed by atoms with Gasteiger partial charge in [-0.3, -0.25) is 14.6 Å². The molecule has 1 heterocycles. The van der Waals surface area contributed by atoms with E-state index in [-0.39, 0.29) is 16.5 Å². The number of hydrogen-bond acceptors (Lipinski definition) is 4. The molecule has 2 aromatic rings. The van der Waals surface area contributed by atoms with Gasteiger partial charge in [0, 0.05) is 6.54 Å². The SMILES string of the molecule is CCCCCCCCNC(=O)c1cc(-n2ncc(=O)[nH]c2=O)ccc1Cl. The van der Waals surface area contributed by atoms with Crippen LogP contribution in [-0.4, -0.2) is 27.2 Å². The van der Waals surface area contributed by atoms with E-state index in [4.69, 9.17) is 11.6 Å². The third-order valence-electron chi connectivity index (χ3n) is 3.97. The average Bonchev–Trinajstić information content (AvgIpc) is 2.61. The fourth-order valence-corrected chi connectivity index (χ4v) is 2.76. The van der Waals surface area contributed by atoms with Crippen LogP contribution in [0.25, 0.3) is 5.69 Å². The van der Waals surface area contributed by atoms with E-state index in [1.165, 1.54) is 37.8 Å². The maximum Gasteiger partial charge on any atom is 0.349 e. The van der Waals surface area contributed by atoms with Gasteiger partial charge in [0.15, 0.2) is 0 Å². The molecule has 0 aliphatic heterocycles. The predicted molar refractivity (Wildman–Crippen MR) is 101 cm³/mol. The number of nitrogens with one attached hydrogen (secondary N) is 2. The number of carbonyl (C=O) groups is 1. The summed E-state index contributed by atoms with van der Waals surface area (Å²) in [6, 6.07) is 4.56. The summed E-state index contributed by atoms with van der Waals surface area (Å²) in [5.41, 5.74) is -0.661. The number of benzene rings is 1. The van der Waals surface area contributed by atoms with Gasteiger partial charge in [0.2, 0.25) is 0 Å². The molecule has 26 heavy (non-hydrogen) atoms. The number of unbranched alkanes of at least 4 members (excludes halogenated alkanes) is 5. The Morgan fingerprint density at radius 3 is 2.65 bits per heavy atom. The second-order valence-corrected chi connectivity index (χ2v) is 6.45. The first-order valence-corrected chi connectivity index (χ1v) is 9.17. The molecule has 0 saturated heterocycles. The van der Waals surface area contributed by atoms with Crippen molar-refractivity contribution in [3.8, 4) is 5.69 Å². The first-order valence-electron chi connectivity index (χ1n) is 8.79. The van der Waals surface area contributed by atoms with Crippen LogP contribution in [0.1, 0.15) is 55.8 Å². The van der Waals surface area contributed by atoms with Crippen LogP contribution in [0.2, 0.25) is 5.02 Å². The van der Waals surface area contributed by atoms with Crippen LogP contribution in [0.4, 0.5) is 0 Å². The van der Waals surface area contributed by atoms with Gasteiger partial charge in [-0.2, -0.15) is 9.78 Å². The van der Waals surface area contributed by atoms with E-state index in [1.54, 1.807) is 6.07 Å². The molecule has 1 aromatic carbocycles. The molecule has 2 rings (SSSR count). The van der Waals surface area contributed by atoms with Crippen molar-refractivity contribution < 1.29 is 4.79 Å². The second-order valence-electron chi connectivity index (χ2n) is 6.04. The van der Waals surface area contributed by atoms with Crippen LogP contribution in [0, 0.1) is 0 Å². The Balaban J connectivity index is 2.01. The van der Waals surface area contributed by atoms with Gasteiger partial charge in [0.05, 0.1) is 16.3 Å². The summed E-state index contributed by atoms with van der Waals surface area (Å²) in [5, 5.41) is 6.90. The Morgan fingerprint density at radius 1 is 1.19 bits per heavy atom. The molecule has 0 aliphatic rings. The Hall–Kier alpha value is -2.41. The molecule has 0 aliphatic carbocycles. The summed E-state index contributed by atoms with van der Waals surface area (Å²) < 4.78 is 1.00. The summed E-state index contributed by atoms with van der Waals surface area (Å²) in [4.78, 5) is 37.4. The summed E-state index contributed by atoms with van der Waals surface area (Å²) in [6.45, 7) is 2.75. The van der Waals surface area contributed by atoms with E-state index in [0.29, 0.717) is 12.2 Å². The van der Waals surface area contributed by atoms with Crippen LogP contribution in [0.3, 0.4) is 0 Å². The maximum atomic E-state index is 12.4. The molecule has 8 heteroatoms. The molecule has 0 unspecified atom stereocenters. The lowest BCUT2D eigenvalue weighted by Crippen LogP contribution is -2.30. The number of amides is 1. The summed E-state index contributed by atoms with van der Waals surface area (Å²) in [7, 11) is 0. The van der Waals surface area contributed by atoms with Gasteiger partial charge in [-0.05, 0) is 24.6 Å². The van der Waals surface area contributed by atoms with Crippen LogP contribution in [0.5, 0.6) is 0 Å². The third-order valence-corrected chi connectivity index (χ3v) is 4.30. The Morgan fingerprint density at radius 2 is 1.92 bits per heavy atom. The van der Waals surface area contributed by atoms with E-state index < -0.39 is 11.2 Å². The third kappa shape index (κ3) is 5.56. The molecule has 140 valence electrons. The van der Waals surface area contributed by atoms with Crippen LogP contribution >= 0.6 is 11.6 Å². The number of carbonyl (C=O) groups excluding carboxylic acids is 1. The van der Waals surface area contributed by atoms with Crippen LogP contribution in [-0.2, 0) is 0 Å². The molecule has 1 aromatic heterocycles. The van der Waals surface area contributed by atoms with Crippen molar-refractivity contribution in [1.29, 1.82) is 0 Å². The smallest absolute Gasteiger partial charge is 0.349 e. The van der Waals surface area contributed by atoms with Gasteiger partial charge in [-0.1, -0.05) is 50.6 Å². The average molecular weight is 379 g/mol. The van der Waals surface area contributed by atoms with Crippen molar-refractivity contribution in [2.45, 2.75) is 45.4 Å². The molecule has 0 saturated carbocycles. The van der Waals surface area contributed by atoms with Crippen molar-refractivity contribution in [3.05, 3.63) is 55.8 Å². The lowest BCUT2D eigenvalue weighted by molar-refractivity contribution is 0.0953. The van der Waals surface area contributed by atoms with E-state index in [2.05, 4.69) is 22.3 Å². The largest absolute Gasteiger partial charge is 0.352 e. The maximum absolute atomic E-state index is 12.4. The molecule has 7 nitrogen and oxygen atoms in total. The number of aromatic amines is 1. The Bertz CT molecular complexity index is 860. The molecular formula is C18H23ClN4O3. The highest BCUT2D eigenvalue weighted by atomic mass is 35.5. The van der Waals surface area contributed by atoms with Crippen molar-refractivity contribution in [2.75, 3.05) is 6.54 Å². The van der Waals surface area contributed by atoms with Crippen molar-refractivity contribution in [1.82, 2.24) is 20.1 Å². The topological polar surface area (TPSA) is 96.8 Å². The van der Waals surface area contributed by atoms with Crippen LogP contribution < -0.4 is 16.6 Å². The lowest BCUT2D eigenvalue weighted by atomic mass is 10.1. The van der Waals surface area contributed by atoms with E-state index in [1.807, 2.05) is 0 Å². The first-order chi connectivity index (χ1) is 12.5. The minimum absolute atomic E-state index is 0.259. The highest BCUT2D eigenvalue weighted by Gasteiger charge is 2.12. The highest BCUT2D eigenvalue weighted by Crippen LogP contribution is 2.19. The fraction of sp³-hybridized carbons (Fsp3) is 0.444. The minimum Gasteiger partial charge on any atom is -0.352 e. The molecule has 0 bridgehead atoms. The van der Waals surface area contributed by atoms with Crippen molar-refractivity contribution >= 4 is 17.5 Å². The van der Waals surface area contributed by atoms with Gasteiger partial charge < -0.3 is 5.32 Å². The first kappa shape index (κ1) is 19.9. The van der Waals surface area contributed by atoms with Gasteiger partial charge in [0.25, 0.3) is 11.5 Å². The molecule has 0 spiro atoms. The van der Waals surface area contributed by atoms with Gasteiger partial charge in [-0.25, -0.2) is 4.79 Å². The quantitative estimate of drug-likeness (QED) is 0.655. The Labute approximate surface area is 156 Å². The zero-order valence-corrected chi connectivity index (χ0v) is 15.5. The number of halogens is 1. The van der Waals surface area contributed by atoms with Gasteiger partial charge in [0.1, 0.15) is 6.20 Å². The molecule has 1 amide bonds. The summed E-state index contributed by atoms with van der Waals surface area (Å²) in [5.74, 6) is -0.303.